The summed E-state index contributed by atoms with van der Waals surface area (Å²) in [7, 11) is 0. The van der Waals surface area contributed by atoms with Crippen molar-refractivity contribution in [2.45, 2.75) is 50.7 Å². The number of fused-ring (bicyclic) bond motifs is 3. The highest BCUT2D eigenvalue weighted by Gasteiger charge is 2.42. The summed E-state index contributed by atoms with van der Waals surface area (Å²) in [5.74, 6) is 0.539. The van der Waals surface area contributed by atoms with Crippen LogP contribution in [-0.4, -0.2) is 49.2 Å². The van der Waals surface area contributed by atoms with E-state index in [9.17, 15) is 4.79 Å². The quantitative estimate of drug-likeness (QED) is 0.690. The second-order valence-electron chi connectivity index (χ2n) is 7.57. The Morgan fingerprint density at radius 1 is 1.14 bits per heavy atom. The average molecular weight is 395 g/mol. The first-order valence-corrected chi connectivity index (χ1v) is 10.3. The third-order valence-corrected chi connectivity index (χ3v) is 6.45. The van der Waals surface area contributed by atoms with Gasteiger partial charge >= 0.3 is 6.03 Å². The molecule has 2 aliphatic rings. The van der Waals surface area contributed by atoms with Crippen LogP contribution in [0.15, 0.2) is 24.5 Å². The highest BCUT2D eigenvalue weighted by molar-refractivity contribution is 7.14. The lowest BCUT2D eigenvalue weighted by atomic mass is 9.99. The minimum absolute atomic E-state index is 0.0831. The predicted octanol–water partition coefficient (Wildman–Crippen LogP) is 2.94. The number of nitrogens with one attached hydrogen (secondary N) is 1. The molecule has 3 atom stereocenters. The van der Waals surface area contributed by atoms with Crippen LogP contribution in [0.1, 0.15) is 30.7 Å². The van der Waals surface area contributed by atoms with Crippen molar-refractivity contribution in [3.63, 3.8) is 0 Å². The topological polar surface area (TPSA) is 110 Å². The summed E-state index contributed by atoms with van der Waals surface area (Å²) in [5.41, 5.74) is 6.88. The Balaban J connectivity index is 1.39. The zero-order chi connectivity index (χ0) is 19.3. The number of rotatable bonds is 2. The lowest BCUT2D eigenvalue weighted by molar-refractivity contribution is 0.150. The predicted molar refractivity (Wildman–Crippen MR) is 108 cm³/mol. The van der Waals surface area contributed by atoms with Gasteiger partial charge in [-0.05, 0) is 50.1 Å². The van der Waals surface area contributed by atoms with Crippen molar-refractivity contribution in [1.82, 2.24) is 25.1 Å². The second-order valence-corrected chi connectivity index (χ2v) is 8.75. The van der Waals surface area contributed by atoms with Gasteiger partial charge < -0.3 is 10.6 Å². The molecule has 0 spiro atoms. The molecule has 28 heavy (non-hydrogen) atoms. The first-order valence-electron chi connectivity index (χ1n) is 9.48. The Hall–Kier alpha value is -2.65. The maximum Gasteiger partial charge on any atom is 0.323 e. The number of nitrogens with zero attached hydrogens (tertiary/aromatic N) is 5. The normalized spacial score (nSPS) is 23.9. The van der Waals surface area contributed by atoms with Crippen LogP contribution in [0.25, 0.3) is 21.5 Å². The Bertz CT molecular complexity index is 1040. The Kier molecular flexibility index (Phi) is 4.21. The van der Waals surface area contributed by atoms with Crippen molar-refractivity contribution >= 4 is 34.0 Å². The molecular formula is C19H21N7OS. The van der Waals surface area contributed by atoms with Crippen molar-refractivity contribution < 1.29 is 4.79 Å². The molecule has 2 amide bonds. The Morgan fingerprint density at radius 2 is 1.89 bits per heavy atom. The number of amides is 2. The molecule has 8 nitrogen and oxygen atoms in total. The number of aryl methyl sites for hydroxylation is 1. The lowest BCUT2D eigenvalue weighted by Crippen LogP contribution is -2.51. The maximum atomic E-state index is 12.9. The number of anilines is 1. The fourth-order valence-electron chi connectivity index (χ4n) is 4.35. The molecule has 3 aromatic rings. The molecule has 144 valence electrons. The van der Waals surface area contributed by atoms with E-state index in [1.54, 1.807) is 12.4 Å². The summed E-state index contributed by atoms with van der Waals surface area (Å²) in [6, 6.07) is 4.44. The van der Waals surface area contributed by atoms with Crippen molar-refractivity contribution in [3.8, 4) is 10.7 Å². The summed E-state index contributed by atoms with van der Waals surface area (Å²) >= 11 is 1.50. The van der Waals surface area contributed by atoms with E-state index < -0.39 is 0 Å². The maximum absolute atomic E-state index is 12.9. The summed E-state index contributed by atoms with van der Waals surface area (Å²) in [6.07, 6.45) is 7.33. The van der Waals surface area contributed by atoms with E-state index in [0.717, 1.165) is 52.2 Å². The molecule has 5 rings (SSSR count). The number of carbonyl (C=O) groups excluding carboxylic acids is 1. The van der Waals surface area contributed by atoms with E-state index in [4.69, 9.17) is 5.73 Å². The molecule has 3 N–H and O–H groups in total. The van der Waals surface area contributed by atoms with Crippen LogP contribution in [0.2, 0.25) is 0 Å². The van der Waals surface area contributed by atoms with Gasteiger partial charge in [-0.25, -0.2) is 9.78 Å². The number of aromatic nitrogens is 4. The minimum atomic E-state index is -0.0831. The number of nitrogens with two attached hydrogens (primary N) is 1. The van der Waals surface area contributed by atoms with Gasteiger partial charge in [0.25, 0.3) is 0 Å². The van der Waals surface area contributed by atoms with Crippen molar-refractivity contribution in [2.24, 2.45) is 5.73 Å². The van der Waals surface area contributed by atoms with E-state index in [2.05, 4.69) is 25.5 Å². The molecule has 2 fully saturated rings. The monoisotopic (exact) mass is 395 g/mol. The van der Waals surface area contributed by atoms with E-state index in [0.29, 0.717) is 5.82 Å². The van der Waals surface area contributed by atoms with Crippen LogP contribution in [0.4, 0.5) is 10.6 Å². The van der Waals surface area contributed by atoms with Crippen molar-refractivity contribution in [2.75, 3.05) is 5.32 Å². The highest BCUT2D eigenvalue weighted by Crippen LogP contribution is 2.35. The molecule has 0 aromatic carbocycles. The molecule has 9 heteroatoms. The molecule has 2 aliphatic heterocycles. The van der Waals surface area contributed by atoms with Gasteiger partial charge in [-0.2, -0.15) is 0 Å². The lowest BCUT2D eigenvalue weighted by Gasteiger charge is -2.37. The molecule has 2 bridgehead atoms. The van der Waals surface area contributed by atoms with E-state index in [-0.39, 0.29) is 24.2 Å². The van der Waals surface area contributed by atoms with Gasteiger partial charge in [0, 0.05) is 35.9 Å². The highest BCUT2D eigenvalue weighted by atomic mass is 32.1. The molecule has 0 radical (unpaired) electrons. The Labute approximate surface area is 166 Å². The molecular weight excluding hydrogens is 374 g/mol. The molecule has 0 saturated carbocycles. The number of hydrogen-bond donors (Lipinski definition) is 2. The van der Waals surface area contributed by atoms with Gasteiger partial charge in [0.15, 0.2) is 5.01 Å². The molecule has 1 unspecified atom stereocenters. The van der Waals surface area contributed by atoms with Crippen LogP contribution < -0.4 is 11.1 Å². The number of carbonyl (C=O) groups is 1. The summed E-state index contributed by atoms with van der Waals surface area (Å²) in [6.45, 7) is 1.92. The SMILES string of the molecule is Cc1nnc(-c2cc3cc(NC(=O)N4[C@@H]5CC[C@H]4CC(N)C5)ncc3cn2)s1. The van der Waals surface area contributed by atoms with Crippen LogP contribution in [0.3, 0.4) is 0 Å². The van der Waals surface area contributed by atoms with Gasteiger partial charge in [0.1, 0.15) is 16.5 Å². The van der Waals surface area contributed by atoms with Crippen molar-refractivity contribution in [1.29, 1.82) is 0 Å². The third-order valence-electron chi connectivity index (χ3n) is 5.59. The van der Waals surface area contributed by atoms with Crippen LogP contribution in [0, 0.1) is 6.92 Å². The number of piperidine rings is 1. The van der Waals surface area contributed by atoms with E-state index >= 15 is 0 Å². The first-order chi connectivity index (χ1) is 13.6. The van der Waals surface area contributed by atoms with Gasteiger partial charge in [0.2, 0.25) is 0 Å². The van der Waals surface area contributed by atoms with Crippen molar-refractivity contribution in [3.05, 3.63) is 29.5 Å². The number of urea groups is 1. The minimum Gasteiger partial charge on any atom is -0.328 e. The van der Waals surface area contributed by atoms with Gasteiger partial charge in [-0.3, -0.25) is 10.3 Å². The molecule has 5 heterocycles. The first kappa shape index (κ1) is 17.4. The standard InChI is InChI=1S/C19H21N7OS/c1-10-24-25-18(28-10)16-4-11-5-17(22-9-12(11)8-21-16)23-19(27)26-14-2-3-15(26)7-13(20)6-14/h4-5,8-9,13-15H,2-3,6-7,20H2,1H3,(H,22,23,27)/t13?,14-,15+. The Morgan fingerprint density at radius 3 is 2.61 bits per heavy atom. The zero-order valence-electron chi connectivity index (χ0n) is 15.5. The number of pyridine rings is 2. The van der Waals surface area contributed by atoms with E-state index in [1.165, 1.54) is 11.3 Å². The summed E-state index contributed by atoms with van der Waals surface area (Å²) < 4.78 is 0. The average Bonchev–Trinajstić information content (AvgIpc) is 3.22. The fraction of sp³-hybridized carbons (Fsp3) is 0.421. The fourth-order valence-corrected chi connectivity index (χ4v) is 5.01. The summed E-state index contributed by atoms with van der Waals surface area (Å²) in [4.78, 5) is 23.7. The van der Waals surface area contributed by atoms with Crippen LogP contribution in [0.5, 0.6) is 0 Å². The largest absolute Gasteiger partial charge is 0.328 e. The van der Waals surface area contributed by atoms with Gasteiger partial charge in [0.05, 0.1) is 0 Å². The second kappa shape index (κ2) is 6.75. The molecule has 3 aromatic heterocycles. The summed E-state index contributed by atoms with van der Waals surface area (Å²) in [5, 5.41) is 14.7. The third kappa shape index (κ3) is 3.10. The van der Waals surface area contributed by atoms with Crippen LogP contribution in [-0.2, 0) is 0 Å². The number of hydrogen-bond acceptors (Lipinski definition) is 7. The van der Waals surface area contributed by atoms with Crippen LogP contribution >= 0.6 is 11.3 Å². The zero-order valence-corrected chi connectivity index (χ0v) is 16.3. The van der Waals surface area contributed by atoms with E-state index in [1.807, 2.05) is 24.0 Å². The van der Waals surface area contributed by atoms with Gasteiger partial charge in [-0.1, -0.05) is 11.3 Å². The van der Waals surface area contributed by atoms with Gasteiger partial charge in [-0.15, -0.1) is 10.2 Å². The molecule has 2 saturated heterocycles. The smallest absolute Gasteiger partial charge is 0.323 e. The molecule has 0 aliphatic carbocycles.